The van der Waals surface area contributed by atoms with Gasteiger partial charge in [-0.2, -0.15) is 0 Å². The molecule has 0 amide bonds. The van der Waals surface area contributed by atoms with E-state index in [0.717, 1.165) is 22.2 Å². The number of benzene rings is 4. The number of pyridine rings is 1. The Morgan fingerprint density at radius 3 is 2.27 bits per heavy atom. The van der Waals surface area contributed by atoms with Crippen molar-refractivity contribution < 1.29 is 4.42 Å². The maximum Gasteiger partial charge on any atom is 0.155 e. The minimum absolute atomic E-state index is 0.922. The Hall–Kier alpha value is -4.15. The summed E-state index contributed by atoms with van der Waals surface area (Å²) in [5.74, 6) is 0. The van der Waals surface area contributed by atoms with Crippen molar-refractivity contribution in [2.24, 2.45) is 0 Å². The number of hydrogen-bond acceptors (Lipinski definition) is 3. The number of fused-ring (bicyclic) bond motifs is 12. The first kappa shape index (κ1) is 17.4. The Balaban J connectivity index is 1.81. The number of hydrogen-bond donors (Lipinski definition) is 0. The fraction of sp³-hybridized carbons (Fsp3) is 0. The van der Waals surface area contributed by atoms with Gasteiger partial charge in [-0.3, -0.25) is 4.98 Å². The van der Waals surface area contributed by atoms with Crippen LogP contribution in [0.3, 0.4) is 0 Å². The smallest absolute Gasteiger partial charge is 0.155 e. The van der Waals surface area contributed by atoms with Crippen LogP contribution in [-0.4, -0.2) is 9.55 Å². The topological polar surface area (TPSA) is 31.0 Å². The molecule has 0 N–H and O–H groups in total. The summed E-state index contributed by atoms with van der Waals surface area (Å²) in [4.78, 5) is 4.27. The van der Waals surface area contributed by atoms with E-state index in [2.05, 4.69) is 88.4 Å². The average molecular weight is 441 g/mol. The highest BCUT2D eigenvalue weighted by Crippen LogP contribution is 2.50. The van der Waals surface area contributed by atoms with E-state index < -0.39 is 0 Å². The van der Waals surface area contributed by atoms with Crippen LogP contribution in [0.5, 0.6) is 0 Å². The molecule has 0 aliphatic carbocycles. The van der Waals surface area contributed by atoms with E-state index in [1.54, 1.807) is 0 Å². The van der Waals surface area contributed by atoms with Crippen LogP contribution in [0.25, 0.3) is 69.6 Å². The minimum Gasteiger partial charge on any atom is -0.454 e. The van der Waals surface area contributed by atoms with Crippen molar-refractivity contribution in [1.82, 2.24) is 9.55 Å². The predicted octanol–water partition coefficient (Wildman–Crippen LogP) is 8.45. The molecule has 4 aromatic heterocycles. The Morgan fingerprint density at radius 2 is 1.39 bits per heavy atom. The van der Waals surface area contributed by atoms with E-state index >= 15 is 0 Å². The molecule has 154 valence electrons. The van der Waals surface area contributed by atoms with E-state index in [-0.39, 0.29) is 0 Å². The third kappa shape index (κ3) is 2.16. The minimum atomic E-state index is 0.922. The summed E-state index contributed by atoms with van der Waals surface area (Å²) in [7, 11) is 0. The third-order valence-corrected chi connectivity index (χ3v) is 7.85. The number of nitrogens with zero attached hydrogens (tertiary/aromatic N) is 2. The molecule has 0 saturated heterocycles. The Labute approximate surface area is 192 Å². The Bertz CT molecular complexity index is 2030. The van der Waals surface area contributed by atoms with E-state index in [1.807, 2.05) is 29.8 Å². The van der Waals surface area contributed by atoms with Crippen molar-refractivity contribution in [2.75, 3.05) is 0 Å². The largest absolute Gasteiger partial charge is 0.454 e. The Morgan fingerprint density at radius 1 is 0.667 bits per heavy atom. The van der Waals surface area contributed by atoms with Crippen LogP contribution in [0.4, 0.5) is 0 Å². The van der Waals surface area contributed by atoms with Crippen molar-refractivity contribution >= 4 is 75.3 Å². The molecule has 3 nitrogen and oxygen atoms in total. The third-order valence-electron chi connectivity index (χ3n) is 6.68. The predicted molar refractivity (Wildman–Crippen MR) is 139 cm³/mol. The first-order valence-corrected chi connectivity index (χ1v) is 11.8. The summed E-state index contributed by atoms with van der Waals surface area (Å²) in [5, 5.41) is 7.42. The zero-order valence-electron chi connectivity index (χ0n) is 17.4. The van der Waals surface area contributed by atoms with E-state index in [1.165, 1.54) is 47.4 Å². The quantitative estimate of drug-likeness (QED) is 0.256. The molecule has 0 atom stereocenters. The fourth-order valence-electron chi connectivity index (χ4n) is 5.39. The molecule has 8 aromatic rings. The summed E-state index contributed by atoms with van der Waals surface area (Å²) in [6.07, 6.45) is 3.72. The summed E-state index contributed by atoms with van der Waals surface area (Å²) >= 11 is 1.82. The number of thiophene rings is 1. The molecule has 33 heavy (non-hydrogen) atoms. The highest BCUT2D eigenvalue weighted by molar-refractivity contribution is 7.27. The first-order chi connectivity index (χ1) is 16.4. The molecule has 4 aromatic carbocycles. The van der Waals surface area contributed by atoms with Gasteiger partial charge in [0.2, 0.25) is 0 Å². The summed E-state index contributed by atoms with van der Waals surface area (Å²) in [6, 6.07) is 29.9. The molecule has 0 bridgehead atoms. The molecule has 4 heterocycles. The zero-order chi connectivity index (χ0) is 21.5. The van der Waals surface area contributed by atoms with Gasteiger partial charge >= 0.3 is 0 Å². The highest BCUT2D eigenvalue weighted by atomic mass is 32.1. The lowest BCUT2D eigenvalue weighted by atomic mass is 10.0. The molecular formula is C29H16N2OS. The molecule has 0 aliphatic rings. The van der Waals surface area contributed by atoms with Gasteiger partial charge in [-0.25, -0.2) is 0 Å². The van der Waals surface area contributed by atoms with Gasteiger partial charge in [-0.05, 0) is 30.3 Å². The molecule has 0 radical (unpaired) electrons. The van der Waals surface area contributed by atoms with Crippen LogP contribution in [-0.2, 0) is 0 Å². The molecule has 0 aliphatic heterocycles. The van der Waals surface area contributed by atoms with Crippen molar-refractivity contribution in [2.45, 2.75) is 0 Å². The maximum absolute atomic E-state index is 6.57. The SMILES string of the molecule is c1ccc2c(c1)oc1c3sc4ccccc4c3c3c4ccccc4n(-c4ccncc4)c3c21. The van der Waals surface area contributed by atoms with Crippen LogP contribution in [0.2, 0.25) is 0 Å². The second-order valence-corrected chi connectivity index (χ2v) is 9.44. The number of furan rings is 1. The first-order valence-electron chi connectivity index (χ1n) is 11.0. The van der Waals surface area contributed by atoms with Crippen LogP contribution in [0.1, 0.15) is 0 Å². The molecule has 4 heteroatoms. The second-order valence-electron chi connectivity index (χ2n) is 8.39. The lowest BCUT2D eigenvalue weighted by Crippen LogP contribution is -1.94. The van der Waals surface area contributed by atoms with Gasteiger partial charge in [-0.1, -0.05) is 54.6 Å². The van der Waals surface area contributed by atoms with Crippen molar-refractivity contribution in [1.29, 1.82) is 0 Å². The van der Waals surface area contributed by atoms with Gasteiger partial charge in [0.1, 0.15) is 5.58 Å². The highest BCUT2D eigenvalue weighted by Gasteiger charge is 2.24. The molecule has 0 spiro atoms. The van der Waals surface area contributed by atoms with Gasteiger partial charge in [0.15, 0.2) is 5.58 Å². The van der Waals surface area contributed by atoms with E-state index in [9.17, 15) is 0 Å². The maximum atomic E-state index is 6.57. The Kier molecular flexibility index (Phi) is 3.28. The van der Waals surface area contributed by atoms with Crippen LogP contribution in [0, 0.1) is 0 Å². The number of para-hydroxylation sites is 2. The van der Waals surface area contributed by atoms with Crippen LogP contribution < -0.4 is 0 Å². The molecular weight excluding hydrogens is 424 g/mol. The molecule has 8 rings (SSSR count). The fourth-order valence-corrected chi connectivity index (χ4v) is 6.58. The second kappa shape index (κ2) is 6.21. The van der Waals surface area contributed by atoms with Crippen molar-refractivity contribution in [3.8, 4) is 5.69 Å². The number of rotatable bonds is 1. The van der Waals surface area contributed by atoms with E-state index in [4.69, 9.17) is 4.42 Å². The van der Waals surface area contributed by atoms with Gasteiger partial charge in [0.25, 0.3) is 0 Å². The molecule has 0 fully saturated rings. The zero-order valence-corrected chi connectivity index (χ0v) is 18.3. The van der Waals surface area contributed by atoms with Crippen LogP contribution >= 0.6 is 11.3 Å². The van der Waals surface area contributed by atoms with Gasteiger partial charge in [-0.15, -0.1) is 11.3 Å². The van der Waals surface area contributed by atoms with Crippen molar-refractivity contribution in [3.05, 3.63) is 97.3 Å². The monoisotopic (exact) mass is 440 g/mol. The van der Waals surface area contributed by atoms with Crippen molar-refractivity contribution in [3.63, 3.8) is 0 Å². The van der Waals surface area contributed by atoms with Crippen LogP contribution in [0.15, 0.2) is 102 Å². The molecule has 0 unspecified atom stereocenters. The summed E-state index contributed by atoms with van der Waals surface area (Å²) in [5.41, 5.74) is 5.37. The standard InChI is InChI=1S/C29H16N2OS/c1-4-10-21-18(7-1)24-25-20-9-3-6-12-23(20)33-29(25)28-26(19-8-2-5-11-22(19)32-28)27(24)31(21)17-13-15-30-16-14-17/h1-16H. The normalized spacial score (nSPS) is 12.2. The lowest BCUT2D eigenvalue weighted by Gasteiger charge is -2.08. The summed E-state index contributed by atoms with van der Waals surface area (Å²) in [6.45, 7) is 0. The average Bonchev–Trinajstić information content (AvgIpc) is 3.54. The number of aromatic nitrogens is 2. The molecule has 0 saturated carbocycles. The van der Waals surface area contributed by atoms with E-state index in [0.29, 0.717) is 0 Å². The van der Waals surface area contributed by atoms with Gasteiger partial charge in [0, 0.05) is 49.7 Å². The lowest BCUT2D eigenvalue weighted by molar-refractivity contribution is 0.673. The summed E-state index contributed by atoms with van der Waals surface area (Å²) < 4.78 is 11.4. The van der Waals surface area contributed by atoms with Gasteiger partial charge < -0.3 is 8.98 Å². The van der Waals surface area contributed by atoms with Gasteiger partial charge in [0.05, 0.1) is 21.1 Å².